The molecule has 0 aliphatic rings. The second kappa shape index (κ2) is 11.0. The van der Waals surface area contributed by atoms with Crippen molar-refractivity contribution in [1.82, 2.24) is 5.32 Å². The first-order valence-corrected chi connectivity index (χ1v) is 7.70. The van der Waals surface area contributed by atoms with Crippen molar-refractivity contribution in [3.8, 4) is 5.75 Å². The number of hydrogen-bond donors (Lipinski definition) is 1. The zero-order valence-corrected chi connectivity index (χ0v) is 14.1. The Morgan fingerprint density at radius 1 is 1.27 bits per heavy atom. The maximum Gasteiger partial charge on any atom is 0.306 e. The number of esters is 1. The van der Waals surface area contributed by atoms with Crippen LogP contribution in [0.25, 0.3) is 0 Å². The summed E-state index contributed by atoms with van der Waals surface area (Å²) in [6, 6.07) is 7.47. The molecule has 0 bridgehead atoms. The number of ether oxygens (including phenoxy) is 3. The third kappa shape index (κ3) is 8.63. The zero-order chi connectivity index (χ0) is 16.2. The minimum Gasteiger partial charge on any atom is -0.494 e. The van der Waals surface area contributed by atoms with Crippen molar-refractivity contribution >= 4 is 27.8 Å². The molecule has 122 valence electrons. The largest absolute Gasteiger partial charge is 0.494 e. The Labute approximate surface area is 138 Å². The summed E-state index contributed by atoms with van der Waals surface area (Å²) in [5.74, 6) is -0.0178. The van der Waals surface area contributed by atoms with Crippen LogP contribution in [0.15, 0.2) is 28.7 Å². The normalized spacial score (nSPS) is 10.1. The lowest BCUT2D eigenvalue weighted by atomic mass is 10.3. The minimum atomic E-state index is -0.417. The second-order valence-electron chi connectivity index (χ2n) is 4.41. The lowest BCUT2D eigenvalue weighted by Crippen LogP contribution is -2.31. The van der Waals surface area contributed by atoms with Crippen molar-refractivity contribution in [3.05, 3.63) is 28.7 Å². The van der Waals surface area contributed by atoms with Crippen molar-refractivity contribution in [3.63, 3.8) is 0 Å². The molecule has 6 nitrogen and oxygen atoms in total. The molecule has 0 aliphatic heterocycles. The number of nitrogens with one attached hydrogen (secondary N) is 1. The average Bonchev–Trinajstić information content (AvgIpc) is 2.50. The number of carbonyl (C=O) groups excluding carboxylic acids is 2. The summed E-state index contributed by atoms with van der Waals surface area (Å²) in [6.07, 6.45) is 0.732. The molecule has 0 aromatic heterocycles. The molecule has 7 heteroatoms. The maximum atomic E-state index is 11.5. The first-order valence-electron chi connectivity index (χ1n) is 6.91. The van der Waals surface area contributed by atoms with E-state index in [1.807, 2.05) is 24.3 Å². The number of hydrogen-bond acceptors (Lipinski definition) is 5. The van der Waals surface area contributed by atoms with E-state index in [0.717, 1.165) is 10.2 Å². The Morgan fingerprint density at radius 2 is 2.09 bits per heavy atom. The molecule has 0 fully saturated rings. The Hall–Kier alpha value is -1.60. The maximum absolute atomic E-state index is 11.5. The zero-order valence-electron chi connectivity index (χ0n) is 12.5. The van der Waals surface area contributed by atoms with Crippen molar-refractivity contribution in [2.45, 2.75) is 12.8 Å². The van der Waals surface area contributed by atoms with Gasteiger partial charge in [0.05, 0.1) is 13.2 Å². The Morgan fingerprint density at radius 3 is 2.82 bits per heavy atom. The first-order chi connectivity index (χ1) is 10.6. The van der Waals surface area contributed by atoms with Gasteiger partial charge in [-0.05, 0) is 24.6 Å². The standard InChI is InChI=1S/C15H20BrNO5/c1-20-9-7-17-14(18)11-22-15(19)6-3-8-21-13-5-2-4-12(16)10-13/h2,4-5,10H,3,6-9,11H2,1H3,(H,17,18). The number of halogens is 1. The van der Waals surface area contributed by atoms with Crippen molar-refractivity contribution in [2.24, 2.45) is 0 Å². The Balaban J connectivity index is 2.07. The lowest BCUT2D eigenvalue weighted by Gasteiger charge is -2.07. The van der Waals surface area contributed by atoms with Gasteiger partial charge < -0.3 is 19.5 Å². The van der Waals surface area contributed by atoms with E-state index in [1.54, 1.807) is 7.11 Å². The van der Waals surface area contributed by atoms with Gasteiger partial charge in [-0.2, -0.15) is 0 Å². The van der Waals surface area contributed by atoms with Crippen LogP contribution in [0.5, 0.6) is 5.75 Å². The number of rotatable bonds is 10. The Bertz CT molecular complexity index is 481. The topological polar surface area (TPSA) is 73.9 Å². The molecule has 1 aromatic carbocycles. The van der Waals surface area contributed by atoms with Crippen LogP contribution >= 0.6 is 15.9 Å². The summed E-state index contributed by atoms with van der Waals surface area (Å²) in [6.45, 7) is 0.959. The predicted molar refractivity (Wildman–Crippen MR) is 84.7 cm³/mol. The summed E-state index contributed by atoms with van der Waals surface area (Å²) in [5.41, 5.74) is 0. The molecule has 0 heterocycles. The summed E-state index contributed by atoms with van der Waals surface area (Å²) < 4.78 is 16.1. The third-order valence-corrected chi connectivity index (χ3v) is 3.08. The number of methoxy groups -OCH3 is 1. The number of benzene rings is 1. The lowest BCUT2D eigenvalue weighted by molar-refractivity contribution is -0.148. The van der Waals surface area contributed by atoms with E-state index in [9.17, 15) is 9.59 Å². The molecular formula is C15H20BrNO5. The van der Waals surface area contributed by atoms with Crippen molar-refractivity contribution in [2.75, 3.05) is 33.5 Å². The van der Waals surface area contributed by atoms with E-state index >= 15 is 0 Å². The van der Waals surface area contributed by atoms with Crippen LogP contribution in [-0.4, -0.2) is 45.4 Å². The minimum absolute atomic E-state index is 0.208. The fourth-order valence-electron chi connectivity index (χ4n) is 1.53. The second-order valence-corrected chi connectivity index (χ2v) is 5.33. The molecule has 0 radical (unpaired) electrons. The van der Waals surface area contributed by atoms with Gasteiger partial charge in [0.1, 0.15) is 5.75 Å². The van der Waals surface area contributed by atoms with Gasteiger partial charge in [-0.1, -0.05) is 22.0 Å². The van der Waals surface area contributed by atoms with Crippen molar-refractivity contribution in [1.29, 1.82) is 0 Å². The summed E-state index contributed by atoms with van der Waals surface area (Å²) >= 11 is 3.35. The van der Waals surface area contributed by atoms with Gasteiger partial charge in [0.25, 0.3) is 5.91 Å². The molecule has 1 rings (SSSR count). The molecule has 0 saturated heterocycles. The quantitative estimate of drug-likeness (QED) is 0.500. The van der Waals surface area contributed by atoms with Crippen LogP contribution in [0.4, 0.5) is 0 Å². The summed E-state index contributed by atoms with van der Waals surface area (Å²) in [4.78, 5) is 22.7. The van der Waals surface area contributed by atoms with Gasteiger partial charge in [-0.3, -0.25) is 9.59 Å². The fourth-order valence-corrected chi connectivity index (χ4v) is 1.90. The Kier molecular flexibility index (Phi) is 9.25. The van der Waals surface area contributed by atoms with Gasteiger partial charge in [0, 0.05) is 24.5 Å². The van der Waals surface area contributed by atoms with E-state index in [2.05, 4.69) is 21.2 Å². The molecular weight excluding hydrogens is 354 g/mol. The van der Waals surface area contributed by atoms with Crippen LogP contribution in [0, 0.1) is 0 Å². The fraction of sp³-hybridized carbons (Fsp3) is 0.467. The highest BCUT2D eigenvalue weighted by Crippen LogP contribution is 2.17. The number of amides is 1. The van der Waals surface area contributed by atoms with Gasteiger partial charge in [-0.15, -0.1) is 0 Å². The molecule has 0 saturated carbocycles. The molecule has 0 spiro atoms. The van der Waals surface area contributed by atoms with Gasteiger partial charge >= 0.3 is 5.97 Å². The van der Waals surface area contributed by atoms with Gasteiger partial charge in [-0.25, -0.2) is 0 Å². The molecule has 0 aliphatic carbocycles. The molecule has 0 unspecified atom stereocenters. The number of carbonyl (C=O) groups is 2. The van der Waals surface area contributed by atoms with Crippen LogP contribution < -0.4 is 10.1 Å². The van der Waals surface area contributed by atoms with E-state index < -0.39 is 5.97 Å². The molecule has 22 heavy (non-hydrogen) atoms. The van der Waals surface area contributed by atoms with Crippen molar-refractivity contribution < 1.29 is 23.8 Å². The van der Waals surface area contributed by atoms with Crippen LogP contribution in [-0.2, 0) is 19.1 Å². The van der Waals surface area contributed by atoms with E-state index in [4.69, 9.17) is 14.2 Å². The summed E-state index contributed by atoms with van der Waals surface area (Å²) in [5, 5.41) is 2.56. The van der Waals surface area contributed by atoms with Gasteiger partial charge in [0.15, 0.2) is 6.61 Å². The summed E-state index contributed by atoms with van der Waals surface area (Å²) in [7, 11) is 1.54. The SMILES string of the molecule is COCCNC(=O)COC(=O)CCCOc1cccc(Br)c1. The monoisotopic (exact) mass is 373 g/mol. The first kappa shape index (κ1) is 18.4. The molecule has 1 aromatic rings. The van der Waals surface area contributed by atoms with Gasteiger partial charge in [0.2, 0.25) is 0 Å². The average molecular weight is 374 g/mol. The molecule has 1 N–H and O–H groups in total. The van der Waals surface area contributed by atoms with E-state index in [-0.39, 0.29) is 18.9 Å². The van der Waals surface area contributed by atoms with Crippen LogP contribution in [0.2, 0.25) is 0 Å². The van der Waals surface area contributed by atoms with E-state index in [1.165, 1.54) is 0 Å². The third-order valence-electron chi connectivity index (χ3n) is 2.58. The predicted octanol–water partition coefficient (Wildman–Crippen LogP) is 1.91. The van der Waals surface area contributed by atoms with Crippen LogP contribution in [0.3, 0.4) is 0 Å². The molecule has 0 atom stereocenters. The van der Waals surface area contributed by atoms with Crippen LogP contribution in [0.1, 0.15) is 12.8 Å². The highest BCUT2D eigenvalue weighted by Gasteiger charge is 2.07. The van der Waals surface area contributed by atoms with E-state index in [0.29, 0.717) is 26.2 Å². The highest BCUT2D eigenvalue weighted by molar-refractivity contribution is 9.10. The smallest absolute Gasteiger partial charge is 0.306 e. The highest BCUT2D eigenvalue weighted by atomic mass is 79.9. The molecule has 1 amide bonds.